The molecule has 1 aromatic heterocycles. The Balaban J connectivity index is 2.14. The number of ether oxygens (including phenoxy) is 1. The summed E-state index contributed by atoms with van der Waals surface area (Å²) in [6.45, 7) is 4.32. The fourth-order valence-corrected chi connectivity index (χ4v) is 2.22. The molecule has 0 atom stereocenters. The number of aryl methyl sites for hydroxylation is 3. The molecular formula is C16H20N2O2. The summed E-state index contributed by atoms with van der Waals surface area (Å²) in [7, 11) is 1.93. The summed E-state index contributed by atoms with van der Waals surface area (Å²) in [5, 5.41) is 4.47. The predicted octanol–water partition coefficient (Wildman–Crippen LogP) is 2.89. The fourth-order valence-electron chi connectivity index (χ4n) is 2.22. The van der Waals surface area contributed by atoms with Crippen LogP contribution in [0.3, 0.4) is 0 Å². The molecule has 2 rings (SSSR count). The molecule has 0 unspecified atom stereocenters. The molecule has 0 bridgehead atoms. The van der Waals surface area contributed by atoms with Gasteiger partial charge in [0.25, 0.3) is 0 Å². The second-order valence-electron chi connectivity index (χ2n) is 4.76. The summed E-state index contributed by atoms with van der Waals surface area (Å²) in [5.74, 6) is -0.171. The lowest BCUT2D eigenvalue weighted by Crippen LogP contribution is -2.05. The predicted molar refractivity (Wildman–Crippen MR) is 78.3 cm³/mol. The van der Waals surface area contributed by atoms with Crippen molar-refractivity contribution in [3.8, 4) is 11.3 Å². The van der Waals surface area contributed by atoms with Crippen molar-refractivity contribution in [2.45, 2.75) is 26.7 Å². The lowest BCUT2D eigenvalue weighted by Gasteiger charge is -2.04. The standard InChI is InChI=1S/C16H20N2O2/c1-4-20-16(19)10-9-13-11-15(18(3)17-13)14-8-6-5-7-12(14)2/h5-8,11H,4,9-10H2,1-3H3. The maximum absolute atomic E-state index is 11.4. The number of esters is 1. The number of hydrogen-bond donors (Lipinski definition) is 0. The van der Waals surface area contributed by atoms with Crippen molar-refractivity contribution < 1.29 is 9.53 Å². The minimum absolute atomic E-state index is 0.171. The summed E-state index contributed by atoms with van der Waals surface area (Å²) in [6, 6.07) is 10.3. The number of nitrogens with zero attached hydrogens (tertiary/aromatic N) is 2. The van der Waals surface area contributed by atoms with Crippen LogP contribution >= 0.6 is 0 Å². The number of benzene rings is 1. The average Bonchev–Trinajstić information content (AvgIpc) is 2.79. The maximum Gasteiger partial charge on any atom is 0.306 e. The summed E-state index contributed by atoms with van der Waals surface area (Å²) in [4.78, 5) is 11.4. The number of hydrogen-bond acceptors (Lipinski definition) is 3. The van der Waals surface area contributed by atoms with Crippen LogP contribution in [0.15, 0.2) is 30.3 Å². The van der Waals surface area contributed by atoms with Crippen LogP contribution in [0.2, 0.25) is 0 Å². The largest absolute Gasteiger partial charge is 0.466 e. The molecule has 20 heavy (non-hydrogen) atoms. The quantitative estimate of drug-likeness (QED) is 0.786. The van der Waals surface area contributed by atoms with E-state index >= 15 is 0 Å². The van der Waals surface area contributed by atoms with Gasteiger partial charge in [0.1, 0.15) is 0 Å². The van der Waals surface area contributed by atoms with Gasteiger partial charge in [0, 0.05) is 19.0 Å². The van der Waals surface area contributed by atoms with Gasteiger partial charge in [0.15, 0.2) is 0 Å². The van der Waals surface area contributed by atoms with Gasteiger partial charge in [-0.05, 0) is 25.5 Å². The van der Waals surface area contributed by atoms with Crippen LogP contribution in [-0.4, -0.2) is 22.4 Å². The molecule has 0 amide bonds. The zero-order valence-electron chi connectivity index (χ0n) is 12.2. The van der Waals surface area contributed by atoms with Crippen molar-refractivity contribution >= 4 is 5.97 Å². The number of rotatable bonds is 5. The van der Waals surface area contributed by atoms with Gasteiger partial charge in [-0.1, -0.05) is 24.3 Å². The maximum atomic E-state index is 11.4. The van der Waals surface area contributed by atoms with E-state index in [1.807, 2.05) is 36.9 Å². The summed E-state index contributed by atoms with van der Waals surface area (Å²) in [6.07, 6.45) is 0.983. The zero-order valence-corrected chi connectivity index (χ0v) is 12.2. The molecule has 1 aromatic carbocycles. The molecule has 0 spiro atoms. The Bertz CT molecular complexity index is 602. The molecule has 0 fully saturated rings. The van der Waals surface area contributed by atoms with Crippen molar-refractivity contribution in [1.29, 1.82) is 0 Å². The number of carbonyl (C=O) groups excluding carboxylic acids is 1. The first-order chi connectivity index (χ1) is 9.61. The van der Waals surface area contributed by atoms with Crippen LogP contribution in [0.5, 0.6) is 0 Å². The van der Waals surface area contributed by atoms with Crippen molar-refractivity contribution in [2.75, 3.05) is 6.61 Å². The normalized spacial score (nSPS) is 10.6. The third-order valence-corrected chi connectivity index (χ3v) is 3.24. The van der Waals surface area contributed by atoms with E-state index in [1.165, 1.54) is 11.1 Å². The van der Waals surface area contributed by atoms with Gasteiger partial charge < -0.3 is 4.74 Å². The molecule has 0 aliphatic heterocycles. The van der Waals surface area contributed by atoms with E-state index in [1.54, 1.807) is 0 Å². The SMILES string of the molecule is CCOC(=O)CCc1cc(-c2ccccc2C)n(C)n1. The third kappa shape index (κ3) is 3.26. The second kappa shape index (κ2) is 6.37. The molecular weight excluding hydrogens is 252 g/mol. The van der Waals surface area contributed by atoms with Gasteiger partial charge in [0.2, 0.25) is 0 Å². The first kappa shape index (κ1) is 14.3. The molecule has 1 heterocycles. The molecule has 106 valence electrons. The molecule has 0 saturated carbocycles. The van der Waals surface area contributed by atoms with Crippen LogP contribution in [0, 0.1) is 6.92 Å². The lowest BCUT2D eigenvalue weighted by atomic mass is 10.1. The van der Waals surface area contributed by atoms with E-state index < -0.39 is 0 Å². The van der Waals surface area contributed by atoms with Crippen LogP contribution in [0.1, 0.15) is 24.6 Å². The Labute approximate surface area is 119 Å². The Hall–Kier alpha value is -2.10. The van der Waals surface area contributed by atoms with E-state index in [-0.39, 0.29) is 5.97 Å². The highest BCUT2D eigenvalue weighted by Gasteiger charge is 2.11. The smallest absolute Gasteiger partial charge is 0.306 e. The van der Waals surface area contributed by atoms with E-state index in [0.29, 0.717) is 19.4 Å². The molecule has 4 heteroatoms. The minimum Gasteiger partial charge on any atom is -0.466 e. The highest BCUT2D eigenvalue weighted by Crippen LogP contribution is 2.23. The van der Waals surface area contributed by atoms with Crippen molar-refractivity contribution in [3.05, 3.63) is 41.6 Å². The number of carbonyl (C=O) groups is 1. The van der Waals surface area contributed by atoms with E-state index in [0.717, 1.165) is 11.4 Å². The first-order valence-electron chi connectivity index (χ1n) is 6.86. The zero-order chi connectivity index (χ0) is 14.5. The second-order valence-corrected chi connectivity index (χ2v) is 4.76. The summed E-state index contributed by atoms with van der Waals surface area (Å²) >= 11 is 0. The van der Waals surface area contributed by atoms with E-state index in [4.69, 9.17) is 4.74 Å². The van der Waals surface area contributed by atoms with E-state index in [2.05, 4.69) is 24.2 Å². The highest BCUT2D eigenvalue weighted by molar-refractivity contribution is 5.70. The van der Waals surface area contributed by atoms with E-state index in [9.17, 15) is 4.79 Å². The van der Waals surface area contributed by atoms with Crippen LogP contribution in [-0.2, 0) is 23.0 Å². The van der Waals surface area contributed by atoms with Crippen LogP contribution in [0.25, 0.3) is 11.3 Å². The Morgan fingerprint density at radius 1 is 1.35 bits per heavy atom. The Morgan fingerprint density at radius 2 is 2.10 bits per heavy atom. The van der Waals surface area contributed by atoms with Crippen molar-refractivity contribution in [1.82, 2.24) is 9.78 Å². The molecule has 0 saturated heterocycles. The molecule has 0 aliphatic carbocycles. The average molecular weight is 272 g/mol. The van der Waals surface area contributed by atoms with Crippen LogP contribution in [0.4, 0.5) is 0 Å². The highest BCUT2D eigenvalue weighted by atomic mass is 16.5. The third-order valence-electron chi connectivity index (χ3n) is 3.24. The van der Waals surface area contributed by atoms with Crippen LogP contribution < -0.4 is 0 Å². The monoisotopic (exact) mass is 272 g/mol. The van der Waals surface area contributed by atoms with Gasteiger partial charge in [-0.25, -0.2) is 0 Å². The summed E-state index contributed by atoms with van der Waals surface area (Å²) < 4.78 is 6.79. The van der Waals surface area contributed by atoms with Gasteiger partial charge in [-0.3, -0.25) is 9.48 Å². The lowest BCUT2D eigenvalue weighted by molar-refractivity contribution is -0.143. The minimum atomic E-state index is -0.171. The van der Waals surface area contributed by atoms with Crippen molar-refractivity contribution in [2.24, 2.45) is 7.05 Å². The van der Waals surface area contributed by atoms with Gasteiger partial charge in [-0.2, -0.15) is 5.10 Å². The topological polar surface area (TPSA) is 44.1 Å². The molecule has 2 aromatic rings. The Morgan fingerprint density at radius 3 is 2.80 bits per heavy atom. The number of aromatic nitrogens is 2. The van der Waals surface area contributed by atoms with Gasteiger partial charge >= 0.3 is 5.97 Å². The molecule has 0 N–H and O–H groups in total. The van der Waals surface area contributed by atoms with Gasteiger partial charge in [-0.15, -0.1) is 0 Å². The fraction of sp³-hybridized carbons (Fsp3) is 0.375. The molecule has 0 radical (unpaired) electrons. The molecule has 4 nitrogen and oxygen atoms in total. The van der Waals surface area contributed by atoms with Crippen molar-refractivity contribution in [3.63, 3.8) is 0 Å². The van der Waals surface area contributed by atoms with Gasteiger partial charge in [0.05, 0.1) is 24.4 Å². The molecule has 0 aliphatic rings. The Kier molecular flexibility index (Phi) is 4.56. The summed E-state index contributed by atoms with van der Waals surface area (Å²) in [5.41, 5.74) is 4.37. The first-order valence-corrected chi connectivity index (χ1v) is 6.86.